The van der Waals surface area contributed by atoms with Crippen molar-refractivity contribution < 1.29 is 4.74 Å². The zero-order chi connectivity index (χ0) is 11.6. The number of hydrogen-bond acceptors (Lipinski definition) is 2. The van der Waals surface area contributed by atoms with Crippen LogP contribution >= 0.6 is 0 Å². The minimum Gasteiger partial charge on any atom is -0.374 e. The third kappa shape index (κ3) is 2.45. The minimum absolute atomic E-state index is 0.0943. The second-order valence-corrected chi connectivity index (χ2v) is 5.06. The maximum absolute atomic E-state index is 6.27. The van der Waals surface area contributed by atoms with E-state index in [-0.39, 0.29) is 11.6 Å². The molecular formula is C14H21NO. The van der Waals surface area contributed by atoms with Crippen molar-refractivity contribution in [3.8, 4) is 0 Å². The maximum Gasteiger partial charge on any atom is 0.0808 e. The van der Waals surface area contributed by atoms with E-state index in [1.807, 2.05) is 0 Å². The van der Waals surface area contributed by atoms with Crippen molar-refractivity contribution in [3.05, 3.63) is 35.4 Å². The highest BCUT2D eigenvalue weighted by Crippen LogP contribution is 2.29. The summed E-state index contributed by atoms with van der Waals surface area (Å²) < 4.78 is 5.78. The summed E-state index contributed by atoms with van der Waals surface area (Å²) >= 11 is 0. The normalized spacial score (nSPS) is 26.9. The van der Waals surface area contributed by atoms with E-state index in [9.17, 15) is 0 Å². The highest BCUT2D eigenvalue weighted by molar-refractivity contribution is 5.23. The molecule has 2 N–H and O–H groups in total. The molecule has 2 atom stereocenters. The van der Waals surface area contributed by atoms with Gasteiger partial charge in [-0.3, -0.25) is 0 Å². The van der Waals surface area contributed by atoms with Crippen molar-refractivity contribution in [1.82, 2.24) is 0 Å². The topological polar surface area (TPSA) is 35.2 Å². The summed E-state index contributed by atoms with van der Waals surface area (Å²) in [6.45, 7) is 5.11. The first-order valence-corrected chi connectivity index (χ1v) is 6.05. The predicted molar refractivity (Wildman–Crippen MR) is 66.4 cm³/mol. The summed E-state index contributed by atoms with van der Waals surface area (Å²) in [6, 6.07) is 8.65. The lowest BCUT2D eigenvalue weighted by atomic mass is 9.89. The van der Waals surface area contributed by atoms with Crippen LogP contribution < -0.4 is 5.73 Å². The van der Waals surface area contributed by atoms with Gasteiger partial charge in [-0.2, -0.15) is 0 Å². The number of benzene rings is 1. The summed E-state index contributed by atoms with van der Waals surface area (Å²) in [5.41, 5.74) is 8.75. The van der Waals surface area contributed by atoms with Gasteiger partial charge in [0.25, 0.3) is 0 Å². The van der Waals surface area contributed by atoms with Crippen LogP contribution in [0, 0.1) is 6.92 Å². The monoisotopic (exact) mass is 219 g/mol. The van der Waals surface area contributed by atoms with Crippen molar-refractivity contribution >= 4 is 0 Å². The van der Waals surface area contributed by atoms with E-state index in [4.69, 9.17) is 10.5 Å². The Morgan fingerprint density at radius 3 is 2.94 bits per heavy atom. The molecule has 1 aromatic carbocycles. The summed E-state index contributed by atoms with van der Waals surface area (Å²) in [5, 5.41) is 0. The fourth-order valence-corrected chi connectivity index (χ4v) is 2.40. The van der Waals surface area contributed by atoms with Gasteiger partial charge >= 0.3 is 0 Å². The molecule has 16 heavy (non-hydrogen) atoms. The zero-order valence-electron chi connectivity index (χ0n) is 10.2. The van der Waals surface area contributed by atoms with Gasteiger partial charge in [0.1, 0.15) is 0 Å². The summed E-state index contributed by atoms with van der Waals surface area (Å²) in [6.07, 6.45) is 3.12. The molecule has 1 aliphatic rings. The number of rotatable bonds is 3. The minimum atomic E-state index is -0.121. The highest BCUT2D eigenvalue weighted by atomic mass is 16.5. The van der Waals surface area contributed by atoms with Gasteiger partial charge < -0.3 is 10.5 Å². The lowest BCUT2D eigenvalue weighted by molar-refractivity contribution is -0.000907. The molecule has 0 aliphatic carbocycles. The molecule has 88 valence electrons. The number of nitrogens with two attached hydrogens (primary N) is 1. The maximum atomic E-state index is 6.27. The standard InChI is InChI=1S/C14H21NO/c1-11-5-3-6-12(9-11)10-13(15)14(2)7-4-8-16-14/h3,5-6,9,13H,4,7-8,10,15H2,1-2H3. The van der Waals surface area contributed by atoms with E-state index >= 15 is 0 Å². The molecular weight excluding hydrogens is 198 g/mol. The average Bonchev–Trinajstić information content (AvgIpc) is 2.66. The Labute approximate surface area is 97.8 Å². The number of ether oxygens (including phenoxy) is 1. The Kier molecular flexibility index (Phi) is 3.31. The smallest absolute Gasteiger partial charge is 0.0808 e. The van der Waals surface area contributed by atoms with Crippen molar-refractivity contribution in [2.45, 2.75) is 44.8 Å². The number of aryl methyl sites for hydroxylation is 1. The van der Waals surface area contributed by atoms with Crippen LogP contribution in [-0.4, -0.2) is 18.2 Å². The summed E-state index contributed by atoms with van der Waals surface area (Å²) in [7, 11) is 0. The average molecular weight is 219 g/mol. The molecule has 0 radical (unpaired) electrons. The Balaban J connectivity index is 2.04. The van der Waals surface area contributed by atoms with E-state index in [0.717, 1.165) is 25.9 Å². The van der Waals surface area contributed by atoms with Crippen LogP contribution in [0.4, 0.5) is 0 Å². The first kappa shape index (κ1) is 11.6. The van der Waals surface area contributed by atoms with E-state index in [0.29, 0.717) is 0 Å². The number of hydrogen-bond donors (Lipinski definition) is 1. The molecule has 2 heteroatoms. The van der Waals surface area contributed by atoms with Crippen molar-refractivity contribution in [3.63, 3.8) is 0 Å². The molecule has 1 saturated heterocycles. The highest BCUT2D eigenvalue weighted by Gasteiger charge is 2.35. The van der Waals surface area contributed by atoms with Crippen LogP contribution in [0.25, 0.3) is 0 Å². The second kappa shape index (κ2) is 4.56. The van der Waals surface area contributed by atoms with Gasteiger partial charge in [0.2, 0.25) is 0 Å². The fraction of sp³-hybridized carbons (Fsp3) is 0.571. The van der Waals surface area contributed by atoms with Gasteiger partial charge in [-0.15, -0.1) is 0 Å². The van der Waals surface area contributed by atoms with Gasteiger partial charge in [-0.1, -0.05) is 29.8 Å². The molecule has 2 unspecified atom stereocenters. The molecule has 2 nitrogen and oxygen atoms in total. The quantitative estimate of drug-likeness (QED) is 0.847. The first-order chi connectivity index (χ1) is 7.60. The van der Waals surface area contributed by atoms with Crippen LogP contribution in [-0.2, 0) is 11.2 Å². The molecule has 0 amide bonds. The first-order valence-electron chi connectivity index (χ1n) is 6.05. The zero-order valence-corrected chi connectivity index (χ0v) is 10.2. The molecule has 1 fully saturated rings. The van der Waals surface area contributed by atoms with Gasteiger partial charge in [0, 0.05) is 12.6 Å². The van der Waals surface area contributed by atoms with Crippen LogP contribution in [0.5, 0.6) is 0 Å². The van der Waals surface area contributed by atoms with E-state index < -0.39 is 0 Å². The molecule has 0 spiro atoms. The van der Waals surface area contributed by atoms with Crippen molar-refractivity contribution in [1.29, 1.82) is 0 Å². The molecule has 2 rings (SSSR count). The molecule has 1 aliphatic heterocycles. The SMILES string of the molecule is Cc1cccc(CC(N)C2(C)CCCO2)c1. The molecule has 1 heterocycles. The Hall–Kier alpha value is -0.860. The van der Waals surface area contributed by atoms with E-state index in [2.05, 4.69) is 38.1 Å². The predicted octanol–water partition coefficient (Wildman–Crippen LogP) is 2.43. The molecule has 0 aromatic heterocycles. The fourth-order valence-electron chi connectivity index (χ4n) is 2.40. The van der Waals surface area contributed by atoms with Gasteiger partial charge in [-0.25, -0.2) is 0 Å². The Morgan fingerprint density at radius 2 is 2.31 bits per heavy atom. The summed E-state index contributed by atoms with van der Waals surface area (Å²) in [4.78, 5) is 0. The third-order valence-corrected chi connectivity index (χ3v) is 3.57. The lowest BCUT2D eigenvalue weighted by Gasteiger charge is -2.30. The van der Waals surface area contributed by atoms with E-state index in [1.165, 1.54) is 11.1 Å². The third-order valence-electron chi connectivity index (χ3n) is 3.57. The van der Waals surface area contributed by atoms with Crippen molar-refractivity contribution in [2.24, 2.45) is 5.73 Å². The molecule has 0 bridgehead atoms. The second-order valence-electron chi connectivity index (χ2n) is 5.06. The van der Waals surface area contributed by atoms with Gasteiger partial charge in [0.15, 0.2) is 0 Å². The van der Waals surface area contributed by atoms with Gasteiger partial charge in [0.05, 0.1) is 5.60 Å². The van der Waals surface area contributed by atoms with Crippen LogP contribution in [0.15, 0.2) is 24.3 Å². The van der Waals surface area contributed by atoms with Crippen LogP contribution in [0.1, 0.15) is 30.9 Å². The Bertz CT molecular complexity index is 356. The van der Waals surface area contributed by atoms with Gasteiger partial charge in [-0.05, 0) is 38.7 Å². The lowest BCUT2D eigenvalue weighted by Crippen LogP contribution is -2.46. The van der Waals surface area contributed by atoms with Crippen LogP contribution in [0.2, 0.25) is 0 Å². The molecule has 0 saturated carbocycles. The van der Waals surface area contributed by atoms with E-state index in [1.54, 1.807) is 0 Å². The molecule has 1 aromatic rings. The largest absolute Gasteiger partial charge is 0.374 e. The Morgan fingerprint density at radius 1 is 1.50 bits per heavy atom. The summed E-state index contributed by atoms with van der Waals surface area (Å²) in [5.74, 6) is 0. The van der Waals surface area contributed by atoms with Crippen LogP contribution in [0.3, 0.4) is 0 Å². The van der Waals surface area contributed by atoms with Crippen molar-refractivity contribution in [2.75, 3.05) is 6.61 Å².